The Morgan fingerprint density at radius 3 is 2.20 bits per heavy atom. The summed E-state index contributed by atoms with van der Waals surface area (Å²) >= 11 is 0. The summed E-state index contributed by atoms with van der Waals surface area (Å²) in [5.41, 5.74) is 2.46. The van der Waals surface area contributed by atoms with E-state index in [1.54, 1.807) is 6.07 Å². The van der Waals surface area contributed by atoms with Crippen molar-refractivity contribution in [3.8, 4) is 5.75 Å². The van der Waals surface area contributed by atoms with E-state index in [2.05, 4.69) is 25.7 Å². The molecule has 0 heterocycles. The van der Waals surface area contributed by atoms with Crippen molar-refractivity contribution in [1.82, 2.24) is 0 Å². The van der Waals surface area contributed by atoms with Crippen molar-refractivity contribution in [1.29, 1.82) is 0 Å². The lowest BCUT2D eigenvalue weighted by Crippen LogP contribution is -2.22. The predicted octanol–water partition coefficient (Wildman–Crippen LogP) is 3.22. The molecule has 1 aromatic carbocycles. The van der Waals surface area contributed by atoms with Gasteiger partial charge in [-0.3, -0.25) is 0 Å². The standard InChI is InChI=1S/C12H19NO.ClH/c1-4-10-9-11(14)7-8-12(10)13(5-2)6-3;/h7-9,14H,4-6H2,1-3H3;1H. The maximum Gasteiger partial charge on any atom is 0.116 e. The van der Waals surface area contributed by atoms with Crippen LogP contribution in [0.1, 0.15) is 26.3 Å². The Kier molecular flexibility index (Phi) is 6.18. The first-order chi connectivity index (χ1) is 6.72. The molecule has 86 valence electrons. The number of rotatable bonds is 4. The number of nitrogens with zero attached hydrogens (tertiary/aromatic N) is 1. The molecule has 1 N–H and O–H groups in total. The first-order valence-corrected chi connectivity index (χ1v) is 5.29. The van der Waals surface area contributed by atoms with Crippen LogP contribution in [0.4, 0.5) is 5.69 Å². The van der Waals surface area contributed by atoms with Crippen molar-refractivity contribution < 1.29 is 5.11 Å². The van der Waals surface area contributed by atoms with Crippen molar-refractivity contribution >= 4 is 18.1 Å². The Morgan fingerprint density at radius 1 is 1.13 bits per heavy atom. The fourth-order valence-corrected chi connectivity index (χ4v) is 1.73. The van der Waals surface area contributed by atoms with E-state index < -0.39 is 0 Å². The molecule has 1 rings (SSSR count). The summed E-state index contributed by atoms with van der Waals surface area (Å²) in [4.78, 5) is 2.30. The van der Waals surface area contributed by atoms with E-state index in [4.69, 9.17) is 0 Å². The molecule has 0 saturated carbocycles. The van der Waals surface area contributed by atoms with Crippen LogP contribution < -0.4 is 4.90 Å². The Hall–Kier alpha value is -0.890. The number of hydrogen-bond acceptors (Lipinski definition) is 2. The van der Waals surface area contributed by atoms with E-state index in [1.165, 1.54) is 11.3 Å². The highest BCUT2D eigenvalue weighted by molar-refractivity contribution is 5.85. The number of aromatic hydroxyl groups is 1. The predicted molar refractivity (Wildman–Crippen MR) is 68.3 cm³/mol. The molecule has 3 heteroatoms. The van der Waals surface area contributed by atoms with E-state index in [0.29, 0.717) is 5.75 Å². The van der Waals surface area contributed by atoms with Gasteiger partial charge >= 0.3 is 0 Å². The lowest BCUT2D eigenvalue weighted by Gasteiger charge is -2.23. The lowest BCUT2D eigenvalue weighted by atomic mass is 10.1. The number of benzene rings is 1. The largest absolute Gasteiger partial charge is 0.508 e. The van der Waals surface area contributed by atoms with Gasteiger partial charge in [0.1, 0.15) is 5.75 Å². The third-order valence-electron chi connectivity index (χ3n) is 2.55. The van der Waals surface area contributed by atoms with Gasteiger partial charge < -0.3 is 10.0 Å². The second-order valence-electron chi connectivity index (χ2n) is 3.34. The average Bonchev–Trinajstić information content (AvgIpc) is 2.21. The SMILES string of the molecule is CCc1cc(O)ccc1N(CC)CC.Cl. The summed E-state index contributed by atoms with van der Waals surface area (Å²) in [5, 5.41) is 9.38. The molecule has 1 aromatic rings. The summed E-state index contributed by atoms with van der Waals surface area (Å²) in [6.07, 6.45) is 0.959. The maximum absolute atomic E-state index is 9.38. The molecule has 2 nitrogen and oxygen atoms in total. The summed E-state index contributed by atoms with van der Waals surface area (Å²) in [6.45, 7) is 8.43. The zero-order valence-electron chi connectivity index (χ0n) is 9.66. The molecule has 0 amide bonds. The van der Waals surface area contributed by atoms with Crippen molar-refractivity contribution in [2.24, 2.45) is 0 Å². The Labute approximate surface area is 98.3 Å². The second-order valence-corrected chi connectivity index (χ2v) is 3.34. The zero-order valence-corrected chi connectivity index (χ0v) is 10.5. The van der Waals surface area contributed by atoms with Gasteiger partial charge in [-0.05, 0) is 44.0 Å². The quantitative estimate of drug-likeness (QED) is 0.857. The van der Waals surface area contributed by atoms with Crippen molar-refractivity contribution in [2.45, 2.75) is 27.2 Å². The summed E-state index contributed by atoms with van der Waals surface area (Å²) in [5.74, 6) is 0.359. The van der Waals surface area contributed by atoms with E-state index >= 15 is 0 Å². The van der Waals surface area contributed by atoms with Gasteiger partial charge in [0.05, 0.1) is 0 Å². The van der Waals surface area contributed by atoms with E-state index in [1.807, 2.05) is 12.1 Å². The topological polar surface area (TPSA) is 23.5 Å². The molecule has 0 atom stereocenters. The number of phenols is 1. The highest BCUT2D eigenvalue weighted by Crippen LogP contribution is 2.25. The van der Waals surface area contributed by atoms with Crippen LogP contribution in [0.15, 0.2) is 18.2 Å². The summed E-state index contributed by atoms with van der Waals surface area (Å²) in [7, 11) is 0. The monoisotopic (exact) mass is 229 g/mol. The van der Waals surface area contributed by atoms with Gasteiger partial charge in [0, 0.05) is 18.8 Å². The van der Waals surface area contributed by atoms with E-state index in [0.717, 1.165) is 19.5 Å². The molecule has 0 saturated heterocycles. The van der Waals surface area contributed by atoms with Gasteiger partial charge in [0.15, 0.2) is 0 Å². The van der Waals surface area contributed by atoms with Crippen molar-refractivity contribution in [3.05, 3.63) is 23.8 Å². The van der Waals surface area contributed by atoms with Crippen LogP contribution in [-0.4, -0.2) is 18.2 Å². The first-order valence-electron chi connectivity index (χ1n) is 5.29. The fraction of sp³-hybridized carbons (Fsp3) is 0.500. The molecule has 15 heavy (non-hydrogen) atoms. The molecule has 0 aromatic heterocycles. The summed E-state index contributed by atoms with van der Waals surface area (Å²) < 4.78 is 0. The zero-order chi connectivity index (χ0) is 10.6. The highest BCUT2D eigenvalue weighted by Gasteiger charge is 2.07. The average molecular weight is 230 g/mol. The number of hydrogen-bond donors (Lipinski definition) is 1. The van der Waals surface area contributed by atoms with Gasteiger partial charge in [-0.25, -0.2) is 0 Å². The van der Waals surface area contributed by atoms with Gasteiger partial charge in [-0.2, -0.15) is 0 Å². The fourth-order valence-electron chi connectivity index (χ4n) is 1.73. The Balaban J connectivity index is 0.00000196. The third kappa shape index (κ3) is 3.31. The van der Waals surface area contributed by atoms with E-state index in [9.17, 15) is 5.11 Å². The van der Waals surface area contributed by atoms with E-state index in [-0.39, 0.29) is 12.4 Å². The molecular weight excluding hydrogens is 210 g/mol. The minimum absolute atomic E-state index is 0. The molecule has 0 aliphatic rings. The van der Waals surface area contributed by atoms with Gasteiger partial charge in [-0.15, -0.1) is 12.4 Å². The molecule has 0 fully saturated rings. The molecule has 0 unspecified atom stereocenters. The molecular formula is C12H20ClNO. The number of anilines is 1. The lowest BCUT2D eigenvalue weighted by molar-refractivity contribution is 0.474. The Bertz CT molecular complexity index is 298. The molecule has 0 spiro atoms. The number of aryl methyl sites for hydroxylation is 1. The molecule has 0 aliphatic carbocycles. The van der Waals surface area contributed by atoms with Crippen molar-refractivity contribution in [3.63, 3.8) is 0 Å². The number of phenolic OH excluding ortho intramolecular Hbond substituents is 1. The maximum atomic E-state index is 9.38. The van der Waals surface area contributed by atoms with Gasteiger partial charge in [-0.1, -0.05) is 6.92 Å². The van der Waals surface area contributed by atoms with Crippen LogP contribution in [0.25, 0.3) is 0 Å². The first kappa shape index (κ1) is 14.1. The Morgan fingerprint density at radius 2 is 1.73 bits per heavy atom. The summed E-state index contributed by atoms with van der Waals surface area (Å²) in [6, 6.07) is 5.61. The molecule has 0 bridgehead atoms. The highest BCUT2D eigenvalue weighted by atomic mass is 35.5. The van der Waals surface area contributed by atoms with Crippen molar-refractivity contribution in [2.75, 3.05) is 18.0 Å². The van der Waals surface area contributed by atoms with Crippen LogP contribution in [-0.2, 0) is 6.42 Å². The normalized spacial score (nSPS) is 9.53. The van der Waals surface area contributed by atoms with Crippen LogP contribution >= 0.6 is 12.4 Å². The molecule has 0 radical (unpaired) electrons. The van der Waals surface area contributed by atoms with Crippen LogP contribution in [0.2, 0.25) is 0 Å². The minimum atomic E-state index is 0. The smallest absolute Gasteiger partial charge is 0.116 e. The molecule has 0 aliphatic heterocycles. The van der Waals surface area contributed by atoms with Crippen LogP contribution in [0, 0.1) is 0 Å². The number of halogens is 1. The second kappa shape index (κ2) is 6.57. The van der Waals surface area contributed by atoms with Crippen LogP contribution in [0.3, 0.4) is 0 Å². The van der Waals surface area contributed by atoms with Gasteiger partial charge in [0.2, 0.25) is 0 Å². The van der Waals surface area contributed by atoms with Crippen LogP contribution in [0.5, 0.6) is 5.75 Å². The third-order valence-corrected chi connectivity index (χ3v) is 2.55. The van der Waals surface area contributed by atoms with Gasteiger partial charge in [0.25, 0.3) is 0 Å². The minimum Gasteiger partial charge on any atom is -0.508 e.